The van der Waals surface area contributed by atoms with Crippen molar-refractivity contribution in [3.63, 3.8) is 0 Å². The fourth-order valence-electron chi connectivity index (χ4n) is 2.78. The summed E-state index contributed by atoms with van der Waals surface area (Å²) < 4.78 is 0. The molecule has 0 aromatic heterocycles. The van der Waals surface area contributed by atoms with Crippen LogP contribution in [0.4, 0.5) is 0 Å². The zero-order valence-corrected chi connectivity index (χ0v) is 19.4. The molecule has 0 aliphatic rings. The van der Waals surface area contributed by atoms with Gasteiger partial charge in [-0.25, -0.2) is 9.59 Å². The summed E-state index contributed by atoms with van der Waals surface area (Å²) in [6.45, 7) is 1.37. The summed E-state index contributed by atoms with van der Waals surface area (Å²) in [5.74, 6) is -5.66. The van der Waals surface area contributed by atoms with Crippen molar-refractivity contribution in [1.29, 1.82) is 0 Å². The normalized spacial score (nSPS) is 15.3. The molecule has 0 bridgehead atoms. The molecule has 1 aromatic rings. The maximum atomic E-state index is 12.2. The highest BCUT2D eigenvalue weighted by molar-refractivity contribution is 7.99. The van der Waals surface area contributed by atoms with Crippen molar-refractivity contribution in [2.75, 3.05) is 11.5 Å². The van der Waals surface area contributed by atoms with Gasteiger partial charge in [-0.15, -0.1) is 0 Å². The average molecular weight is 499 g/mol. The summed E-state index contributed by atoms with van der Waals surface area (Å²) in [6, 6.07) is 5.08. The first-order valence-electron chi connectivity index (χ1n) is 10.3. The maximum absolute atomic E-state index is 12.2. The third-order valence-electron chi connectivity index (χ3n) is 4.75. The van der Waals surface area contributed by atoms with Gasteiger partial charge in [0.15, 0.2) is 0 Å². The summed E-state index contributed by atoms with van der Waals surface area (Å²) in [5.41, 5.74) is 10.5. The number of rotatable bonds is 15. The van der Waals surface area contributed by atoms with Gasteiger partial charge in [-0.1, -0.05) is 30.3 Å². The molecule has 13 heteroatoms. The molecular formula is C21H30N4O8S. The molecule has 0 aliphatic carbocycles. The van der Waals surface area contributed by atoms with Crippen LogP contribution in [0, 0.1) is 0 Å². The van der Waals surface area contributed by atoms with E-state index in [0.29, 0.717) is 5.56 Å². The first-order chi connectivity index (χ1) is 15.9. The number of nitrogens with one attached hydrogen (secondary N) is 2. The largest absolute Gasteiger partial charge is 0.480 e. The van der Waals surface area contributed by atoms with E-state index in [0.717, 1.165) is 11.8 Å². The molecule has 34 heavy (non-hydrogen) atoms. The average Bonchev–Trinajstić information content (AvgIpc) is 2.75. The highest BCUT2D eigenvalue weighted by Crippen LogP contribution is 2.18. The van der Waals surface area contributed by atoms with Crippen molar-refractivity contribution < 1.29 is 39.3 Å². The molecule has 1 aromatic carbocycles. The molecule has 0 fully saturated rings. The Morgan fingerprint density at radius 3 is 2.09 bits per heavy atom. The molecule has 188 valence electrons. The number of thioether (sulfide) groups is 1. The highest BCUT2D eigenvalue weighted by Gasteiger charge is 2.35. The second-order valence-corrected chi connectivity index (χ2v) is 8.85. The Morgan fingerprint density at radius 2 is 1.59 bits per heavy atom. The summed E-state index contributed by atoms with van der Waals surface area (Å²) in [7, 11) is 0. The molecular weight excluding hydrogens is 468 g/mol. The molecule has 1 rings (SSSR count). The third-order valence-corrected chi connectivity index (χ3v) is 6.04. The zero-order valence-electron chi connectivity index (χ0n) is 18.6. The van der Waals surface area contributed by atoms with Crippen molar-refractivity contribution >= 4 is 41.5 Å². The van der Waals surface area contributed by atoms with E-state index in [1.165, 1.54) is 6.92 Å². The van der Waals surface area contributed by atoms with Gasteiger partial charge in [0, 0.05) is 24.3 Å². The monoisotopic (exact) mass is 498 g/mol. The van der Waals surface area contributed by atoms with Crippen LogP contribution in [0.1, 0.15) is 25.3 Å². The van der Waals surface area contributed by atoms with Gasteiger partial charge in [-0.05, 0) is 18.9 Å². The molecule has 0 unspecified atom stereocenters. The van der Waals surface area contributed by atoms with Crippen LogP contribution in [0.25, 0.3) is 0 Å². The number of carbonyl (C=O) groups is 5. The van der Waals surface area contributed by atoms with Crippen LogP contribution in [-0.4, -0.2) is 80.2 Å². The van der Waals surface area contributed by atoms with Crippen LogP contribution in [0.2, 0.25) is 0 Å². The third kappa shape index (κ3) is 9.77. The van der Waals surface area contributed by atoms with Gasteiger partial charge in [0.2, 0.25) is 11.8 Å². The van der Waals surface area contributed by atoms with E-state index >= 15 is 0 Å². The number of aliphatic carboxylic acids is 3. The van der Waals surface area contributed by atoms with Crippen LogP contribution in [0.5, 0.6) is 0 Å². The minimum atomic E-state index is -1.65. The Labute approximate surface area is 200 Å². The van der Waals surface area contributed by atoms with Crippen molar-refractivity contribution in [1.82, 2.24) is 10.6 Å². The van der Waals surface area contributed by atoms with Gasteiger partial charge in [0.25, 0.3) is 0 Å². The fourth-order valence-corrected chi connectivity index (χ4v) is 3.95. The molecule has 9 N–H and O–H groups in total. The van der Waals surface area contributed by atoms with E-state index in [4.69, 9.17) is 11.5 Å². The first kappa shape index (κ1) is 28.9. The molecule has 0 saturated carbocycles. The number of carboxylic acid groups (broad SMARTS) is 3. The van der Waals surface area contributed by atoms with Crippen LogP contribution in [0.3, 0.4) is 0 Å². The number of hydrogen-bond acceptors (Lipinski definition) is 8. The lowest BCUT2D eigenvalue weighted by atomic mass is 9.94. The Balaban J connectivity index is 2.65. The Morgan fingerprint density at radius 1 is 1.00 bits per heavy atom. The predicted octanol–water partition coefficient (Wildman–Crippen LogP) is -0.989. The summed E-state index contributed by atoms with van der Waals surface area (Å²) in [5, 5.41) is 32.6. The van der Waals surface area contributed by atoms with Crippen LogP contribution in [0.15, 0.2) is 30.3 Å². The quantitative estimate of drug-likeness (QED) is 0.155. The molecule has 0 radical (unpaired) electrons. The first-order valence-corrected chi connectivity index (χ1v) is 11.5. The molecule has 0 spiro atoms. The Kier molecular flexibility index (Phi) is 11.5. The van der Waals surface area contributed by atoms with E-state index in [2.05, 4.69) is 10.6 Å². The number of benzene rings is 1. The van der Waals surface area contributed by atoms with Crippen molar-refractivity contribution in [3.05, 3.63) is 35.9 Å². The topological polar surface area (TPSA) is 222 Å². The van der Waals surface area contributed by atoms with Gasteiger partial charge in [-0.3, -0.25) is 14.4 Å². The smallest absolute Gasteiger partial charge is 0.327 e. The van der Waals surface area contributed by atoms with Crippen molar-refractivity contribution in [3.8, 4) is 0 Å². The molecule has 4 atom stereocenters. The summed E-state index contributed by atoms with van der Waals surface area (Å²) in [6.07, 6.45) is -0.611. The zero-order chi connectivity index (χ0) is 25.9. The lowest BCUT2D eigenvalue weighted by Crippen LogP contribution is -2.53. The predicted molar refractivity (Wildman–Crippen MR) is 124 cm³/mol. The van der Waals surface area contributed by atoms with Gasteiger partial charge in [0.1, 0.15) is 17.6 Å². The minimum Gasteiger partial charge on any atom is -0.480 e. The molecule has 12 nitrogen and oxygen atoms in total. The molecule has 0 aliphatic heterocycles. The van der Waals surface area contributed by atoms with Gasteiger partial charge < -0.3 is 37.4 Å². The molecule has 0 saturated heterocycles. The number of carboxylic acids is 3. The van der Waals surface area contributed by atoms with E-state index in [1.807, 2.05) is 0 Å². The number of hydrogen-bond donors (Lipinski definition) is 7. The highest BCUT2D eigenvalue weighted by atomic mass is 32.2. The van der Waals surface area contributed by atoms with Gasteiger partial charge >= 0.3 is 17.9 Å². The van der Waals surface area contributed by atoms with Gasteiger partial charge in [0.05, 0.1) is 6.04 Å². The van der Waals surface area contributed by atoms with Crippen LogP contribution < -0.4 is 22.1 Å². The number of amides is 2. The standard InChI is InChI=1S/C21H30N4O8S/c1-12(22)17(27)25-14(18(28)29)7-8-16(26)24-15(19(30)31)10-34-11-21(23,20(32)33)9-13-5-3-2-4-6-13/h2-6,12,14-15H,7-11,22-23H2,1H3,(H,24,26)(H,25,27)(H,28,29)(H,30,31)(H,32,33)/t12-,14+,15-,21-/m0/s1. The van der Waals surface area contributed by atoms with E-state index < -0.39 is 53.4 Å². The maximum Gasteiger partial charge on any atom is 0.327 e. The lowest BCUT2D eigenvalue weighted by Gasteiger charge is -2.25. The second kappa shape index (κ2) is 13.5. The van der Waals surface area contributed by atoms with Crippen molar-refractivity contribution in [2.45, 2.75) is 49.9 Å². The summed E-state index contributed by atoms with van der Waals surface area (Å²) >= 11 is 0.961. The SMILES string of the molecule is C[C@H](N)C(=O)N[C@H](CCC(=O)N[C@@H](CSC[C@@](N)(Cc1ccccc1)C(=O)O)C(=O)O)C(=O)O. The van der Waals surface area contributed by atoms with Crippen molar-refractivity contribution in [2.24, 2.45) is 11.5 Å². The van der Waals surface area contributed by atoms with Crippen LogP contribution in [-0.2, 0) is 30.4 Å². The van der Waals surface area contributed by atoms with E-state index in [-0.39, 0.29) is 30.8 Å². The fraction of sp³-hybridized carbons (Fsp3) is 0.476. The van der Waals surface area contributed by atoms with E-state index in [9.17, 15) is 39.3 Å². The second-order valence-electron chi connectivity index (χ2n) is 7.82. The minimum absolute atomic E-state index is 0.0317. The Bertz CT molecular complexity index is 883. The molecule has 2 amide bonds. The van der Waals surface area contributed by atoms with E-state index in [1.54, 1.807) is 30.3 Å². The van der Waals surface area contributed by atoms with Gasteiger partial charge in [-0.2, -0.15) is 11.8 Å². The molecule has 0 heterocycles. The number of carbonyl (C=O) groups excluding carboxylic acids is 2. The summed E-state index contributed by atoms with van der Waals surface area (Å²) in [4.78, 5) is 58.3. The van der Waals surface area contributed by atoms with Crippen LogP contribution >= 0.6 is 11.8 Å². The number of nitrogens with two attached hydrogens (primary N) is 2. The Hall–Kier alpha value is -3.16. The lowest BCUT2D eigenvalue weighted by molar-refractivity contribution is -0.143.